The van der Waals surface area contributed by atoms with Crippen LogP contribution >= 0.6 is 0 Å². The van der Waals surface area contributed by atoms with Crippen LogP contribution in [-0.4, -0.2) is 48.7 Å². The molecule has 24 heavy (non-hydrogen) atoms. The first-order valence-corrected chi connectivity index (χ1v) is 9.33. The fraction of sp³-hybridized carbons (Fsp3) is 0.500. The minimum Gasteiger partial charge on any atom is -0.480 e. The molecule has 1 atom stereocenters. The van der Waals surface area contributed by atoms with E-state index in [0.29, 0.717) is 25.2 Å². The third-order valence-electron chi connectivity index (χ3n) is 3.95. The highest BCUT2D eigenvalue weighted by atomic mass is 32.2. The topological polar surface area (TPSA) is 96.3 Å². The zero-order valence-corrected chi connectivity index (χ0v) is 14.6. The Kier molecular flexibility index (Phi) is 5.95. The van der Waals surface area contributed by atoms with E-state index in [9.17, 15) is 18.3 Å². The summed E-state index contributed by atoms with van der Waals surface area (Å²) in [5, 5.41) is 13.2. The Morgan fingerprint density at radius 3 is 2.58 bits per heavy atom. The molecule has 1 aliphatic rings. The number of oxime groups is 1. The van der Waals surface area contributed by atoms with Crippen molar-refractivity contribution in [1.29, 1.82) is 0 Å². The van der Waals surface area contributed by atoms with E-state index in [2.05, 4.69) is 5.16 Å². The summed E-state index contributed by atoms with van der Waals surface area (Å²) in [5.74, 6) is -1.10. The first-order valence-electron chi connectivity index (χ1n) is 7.89. The molecule has 0 spiro atoms. The van der Waals surface area contributed by atoms with Crippen molar-refractivity contribution < 1.29 is 23.2 Å². The number of carboxylic acids is 1. The van der Waals surface area contributed by atoms with Gasteiger partial charge in [0, 0.05) is 6.54 Å². The van der Waals surface area contributed by atoms with Crippen LogP contribution in [-0.2, 0) is 19.7 Å². The lowest BCUT2D eigenvalue weighted by Gasteiger charge is -2.31. The number of benzene rings is 1. The molecule has 1 heterocycles. The molecule has 0 radical (unpaired) electrons. The van der Waals surface area contributed by atoms with E-state index >= 15 is 0 Å². The van der Waals surface area contributed by atoms with Gasteiger partial charge in [0.2, 0.25) is 10.0 Å². The van der Waals surface area contributed by atoms with Gasteiger partial charge in [0.05, 0.1) is 10.6 Å². The predicted molar refractivity (Wildman–Crippen MR) is 89.4 cm³/mol. The van der Waals surface area contributed by atoms with Gasteiger partial charge in [-0.15, -0.1) is 0 Å². The molecule has 0 bridgehead atoms. The quantitative estimate of drug-likeness (QED) is 0.623. The number of piperidine rings is 1. The molecule has 0 aromatic heterocycles. The van der Waals surface area contributed by atoms with E-state index < -0.39 is 22.0 Å². The SMILES string of the molecule is CCO/N=C(\C)c1ccc(S(=O)(=O)N2CCCCC2C(=O)O)cc1. The van der Waals surface area contributed by atoms with Crippen molar-refractivity contribution in [2.45, 2.75) is 44.0 Å². The van der Waals surface area contributed by atoms with Gasteiger partial charge in [-0.1, -0.05) is 17.3 Å². The van der Waals surface area contributed by atoms with Gasteiger partial charge in [-0.2, -0.15) is 4.31 Å². The monoisotopic (exact) mass is 354 g/mol. The van der Waals surface area contributed by atoms with Gasteiger partial charge in [0.1, 0.15) is 12.6 Å². The third kappa shape index (κ3) is 3.93. The van der Waals surface area contributed by atoms with E-state index in [1.54, 1.807) is 19.1 Å². The van der Waals surface area contributed by atoms with Crippen LogP contribution in [0.5, 0.6) is 0 Å². The molecule has 1 N–H and O–H groups in total. The largest absolute Gasteiger partial charge is 0.480 e. The van der Waals surface area contributed by atoms with Crippen LogP contribution in [0.2, 0.25) is 0 Å². The number of hydrogen-bond acceptors (Lipinski definition) is 5. The summed E-state index contributed by atoms with van der Waals surface area (Å²) in [6.45, 7) is 4.27. The average molecular weight is 354 g/mol. The predicted octanol–water partition coefficient (Wildman–Crippen LogP) is 2.07. The molecule has 2 rings (SSSR count). The molecule has 132 valence electrons. The molecule has 1 aromatic carbocycles. The Hall–Kier alpha value is -1.93. The number of hydrogen-bond donors (Lipinski definition) is 1. The normalized spacial score (nSPS) is 19.9. The molecule has 1 unspecified atom stereocenters. The van der Waals surface area contributed by atoms with Crippen LogP contribution in [0, 0.1) is 0 Å². The van der Waals surface area contributed by atoms with Crippen molar-refractivity contribution in [1.82, 2.24) is 4.31 Å². The zero-order valence-electron chi connectivity index (χ0n) is 13.8. The smallest absolute Gasteiger partial charge is 0.322 e. The van der Waals surface area contributed by atoms with E-state index in [1.807, 2.05) is 6.92 Å². The summed E-state index contributed by atoms with van der Waals surface area (Å²) in [5.41, 5.74) is 1.39. The molecular weight excluding hydrogens is 332 g/mol. The second-order valence-corrected chi connectivity index (χ2v) is 7.47. The minimum atomic E-state index is -3.83. The standard InChI is InChI=1S/C16H22N2O5S/c1-3-23-17-12(2)13-7-9-14(10-8-13)24(21,22)18-11-5-4-6-15(18)16(19)20/h7-10,15H,3-6,11H2,1-2H3,(H,19,20)/b17-12+. The number of carboxylic acid groups (broad SMARTS) is 1. The minimum absolute atomic E-state index is 0.0867. The van der Waals surface area contributed by atoms with Gasteiger partial charge < -0.3 is 9.94 Å². The first kappa shape index (κ1) is 18.4. The van der Waals surface area contributed by atoms with Gasteiger partial charge in [-0.3, -0.25) is 4.79 Å². The van der Waals surface area contributed by atoms with Gasteiger partial charge in [-0.25, -0.2) is 8.42 Å². The van der Waals surface area contributed by atoms with Crippen molar-refractivity contribution >= 4 is 21.7 Å². The fourth-order valence-corrected chi connectivity index (χ4v) is 4.31. The highest BCUT2D eigenvalue weighted by Crippen LogP contribution is 2.25. The molecule has 1 fully saturated rings. The third-order valence-corrected chi connectivity index (χ3v) is 5.87. The number of aliphatic carboxylic acids is 1. The maximum Gasteiger partial charge on any atom is 0.322 e. The van der Waals surface area contributed by atoms with Crippen LogP contribution in [0.3, 0.4) is 0 Å². The van der Waals surface area contributed by atoms with E-state index in [-0.39, 0.29) is 11.4 Å². The van der Waals surface area contributed by atoms with Crippen molar-refractivity contribution in [2.75, 3.05) is 13.2 Å². The Labute approximate surface area is 142 Å². The van der Waals surface area contributed by atoms with E-state index in [4.69, 9.17) is 4.84 Å². The molecule has 1 aliphatic heterocycles. The first-order chi connectivity index (χ1) is 11.4. The Morgan fingerprint density at radius 2 is 2.00 bits per heavy atom. The Bertz CT molecular complexity index is 712. The maximum atomic E-state index is 12.8. The van der Waals surface area contributed by atoms with Crippen molar-refractivity contribution in [3.63, 3.8) is 0 Å². The second kappa shape index (κ2) is 7.76. The lowest BCUT2D eigenvalue weighted by Crippen LogP contribution is -2.47. The second-order valence-electron chi connectivity index (χ2n) is 5.58. The van der Waals surface area contributed by atoms with Crippen LogP contribution in [0.4, 0.5) is 0 Å². The molecule has 8 heteroatoms. The Morgan fingerprint density at radius 1 is 1.33 bits per heavy atom. The number of carbonyl (C=O) groups is 1. The molecule has 7 nitrogen and oxygen atoms in total. The summed E-state index contributed by atoms with van der Waals surface area (Å²) in [7, 11) is -3.83. The van der Waals surface area contributed by atoms with Crippen molar-refractivity contribution in [3.8, 4) is 0 Å². The van der Waals surface area contributed by atoms with Crippen molar-refractivity contribution in [2.24, 2.45) is 5.16 Å². The number of sulfonamides is 1. The molecule has 0 saturated carbocycles. The number of nitrogens with zero attached hydrogens (tertiary/aromatic N) is 2. The van der Waals surface area contributed by atoms with E-state index in [1.165, 1.54) is 12.1 Å². The fourth-order valence-electron chi connectivity index (χ4n) is 2.66. The van der Waals surface area contributed by atoms with Gasteiger partial charge in [-0.05, 0) is 50.8 Å². The summed E-state index contributed by atoms with van der Waals surface area (Å²) >= 11 is 0. The lowest BCUT2D eigenvalue weighted by atomic mass is 10.1. The lowest BCUT2D eigenvalue weighted by molar-refractivity contribution is -0.142. The maximum absolute atomic E-state index is 12.8. The number of rotatable bonds is 6. The summed E-state index contributed by atoms with van der Waals surface area (Å²) < 4.78 is 26.6. The van der Waals surface area contributed by atoms with Crippen LogP contribution in [0.1, 0.15) is 38.7 Å². The summed E-state index contributed by atoms with van der Waals surface area (Å²) in [6.07, 6.45) is 1.73. The highest BCUT2D eigenvalue weighted by molar-refractivity contribution is 7.89. The summed E-state index contributed by atoms with van der Waals surface area (Å²) in [6, 6.07) is 5.24. The van der Waals surface area contributed by atoms with E-state index in [0.717, 1.165) is 16.3 Å². The van der Waals surface area contributed by atoms with Gasteiger partial charge in [0.25, 0.3) is 0 Å². The van der Waals surface area contributed by atoms with Crippen LogP contribution < -0.4 is 0 Å². The molecule has 0 aliphatic carbocycles. The van der Waals surface area contributed by atoms with Crippen molar-refractivity contribution in [3.05, 3.63) is 29.8 Å². The van der Waals surface area contributed by atoms with Gasteiger partial charge in [0.15, 0.2) is 0 Å². The molecule has 1 aromatic rings. The Balaban J connectivity index is 2.27. The summed E-state index contributed by atoms with van der Waals surface area (Å²) in [4.78, 5) is 16.4. The zero-order chi connectivity index (χ0) is 17.7. The van der Waals surface area contributed by atoms with Crippen LogP contribution in [0.15, 0.2) is 34.3 Å². The van der Waals surface area contributed by atoms with Crippen LogP contribution in [0.25, 0.3) is 0 Å². The molecular formula is C16H22N2O5S. The van der Waals surface area contributed by atoms with Gasteiger partial charge >= 0.3 is 5.97 Å². The average Bonchev–Trinajstić information content (AvgIpc) is 2.59. The molecule has 0 amide bonds. The highest BCUT2D eigenvalue weighted by Gasteiger charge is 2.37. The molecule has 1 saturated heterocycles.